The zero-order chi connectivity index (χ0) is 23.8. The Morgan fingerprint density at radius 3 is 2.27 bits per heavy atom. The van der Waals surface area contributed by atoms with Gasteiger partial charge in [-0.15, -0.1) is 13.2 Å². The number of benzene rings is 1. The Kier molecular flexibility index (Phi) is 7.93. The summed E-state index contributed by atoms with van der Waals surface area (Å²) in [5.41, 5.74) is 6.42. The largest absolute Gasteiger partial charge is 0.573 e. The van der Waals surface area contributed by atoms with E-state index in [1.165, 1.54) is 12.1 Å². The molecule has 1 aromatic carbocycles. The van der Waals surface area contributed by atoms with Gasteiger partial charge in [0.15, 0.2) is 6.61 Å². The van der Waals surface area contributed by atoms with Crippen molar-refractivity contribution in [1.29, 1.82) is 0 Å². The molecule has 9 nitrogen and oxygen atoms in total. The number of pyridine rings is 1. The van der Waals surface area contributed by atoms with E-state index in [-0.39, 0.29) is 5.75 Å². The molecule has 33 heavy (non-hydrogen) atoms. The van der Waals surface area contributed by atoms with E-state index in [4.69, 9.17) is 5.73 Å². The summed E-state index contributed by atoms with van der Waals surface area (Å²) >= 11 is 0. The van der Waals surface area contributed by atoms with Gasteiger partial charge < -0.3 is 25.4 Å². The predicted octanol–water partition coefficient (Wildman–Crippen LogP) is 1.98. The molecule has 3 rings (SSSR count). The quantitative estimate of drug-likeness (QED) is 0.611. The highest BCUT2D eigenvalue weighted by molar-refractivity contribution is 5.78. The van der Waals surface area contributed by atoms with E-state index < -0.39 is 25.0 Å². The van der Waals surface area contributed by atoms with Crippen molar-refractivity contribution in [3.8, 4) is 16.9 Å². The summed E-state index contributed by atoms with van der Waals surface area (Å²) < 4.78 is 45.3. The summed E-state index contributed by atoms with van der Waals surface area (Å²) in [4.78, 5) is 30.8. The van der Waals surface area contributed by atoms with Crippen LogP contribution in [0.5, 0.6) is 5.75 Å². The fourth-order valence-electron chi connectivity index (χ4n) is 3.30. The van der Waals surface area contributed by atoms with Crippen LogP contribution in [0.4, 0.5) is 23.8 Å². The molecule has 1 saturated heterocycles. The second-order valence-electron chi connectivity index (χ2n) is 7.28. The van der Waals surface area contributed by atoms with Crippen molar-refractivity contribution < 1.29 is 32.2 Å². The third kappa shape index (κ3) is 7.83. The van der Waals surface area contributed by atoms with Crippen molar-refractivity contribution in [2.45, 2.75) is 6.36 Å². The van der Waals surface area contributed by atoms with Gasteiger partial charge in [-0.25, -0.2) is 9.78 Å². The smallest absolute Gasteiger partial charge is 0.439 e. The Balaban J connectivity index is 1.44. The number of piperazine rings is 1. The van der Waals surface area contributed by atoms with Crippen molar-refractivity contribution >= 4 is 17.8 Å². The number of alkyl halides is 3. The Bertz CT molecular complexity index is 930. The Morgan fingerprint density at radius 1 is 1.03 bits per heavy atom. The maximum absolute atomic E-state index is 12.3. The van der Waals surface area contributed by atoms with Gasteiger partial charge >= 0.3 is 12.5 Å². The number of nitrogens with one attached hydrogen (secondary N) is 1. The molecule has 0 bridgehead atoms. The number of aromatic nitrogens is 1. The lowest BCUT2D eigenvalue weighted by Gasteiger charge is -2.35. The van der Waals surface area contributed by atoms with E-state index >= 15 is 0 Å². The first-order valence-corrected chi connectivity index (χ1v) is 10.2. The van der Waals surface area contributed by atoms with Crippen molar-refractivity contribution in [3.05, 3.63) is 42.6 Å². The highest BCUT2D eigenvalue weighted by atomic mass is 19.4. The summed E-state index contributed by atoms with van der Waals surface area (Å²) in [5.74, 6) is -0.175. The lowest BCUT2D eigenvalue weighted by Crippen LogP contribution is -2.48. The van der Waals surface area contributed by atoms with Gasteiger partial charge in [0.1, 0.15) is 11.6 Å². The van der Waals surface area contributed by atoms with Crippen molar-refractivity contribution in [2.24, 2.45) is 5.73 Å². The van der Waals surface area contributed by atoms with E-state index in [9.17, 15) is 22.8 Å². The molecule has 2 amide bonds. The molecule has 1 fully saturated rings. The van der Waals surface area contributed by atoms with Gasteiger partial charge in [0.25, 0.3) is 5.91 Å². The third-order valence-electron chi connectivity index (χ3n) is 4.91. The van der Waals surface area contributed by atoms with E-state index in [1.54, 1.807) is 18.3 Å². The van der Waals surface area contributed by atoms with Crippen LogP contribution in [0.2, 0.25) is 0 Å². The van der Waals surface area contributed by atoms with E-state index in [0.717, 1.165) is 43.1 Å². The second-order valence-corrected chi connectivity index (χ2v) is 7.28. The van der Waals surface area contributed by atoms with Crippen LogP contribution in [-0.2, 0) is 9.53 Å². The molecule has 0 spiro atoms. The minimum Gasteiger partial charge on any atom is -0.439 e. The van der Waals surface area contributed by atoms with Gasteiger partial charge in [-0.3, -0.25) is 9.69 Å². The van der Waals surface area contributed by atoms with Crippen LogP contribution in [0.1, 0.15) is 0 Å². The number of rotatable bonds is 8. The van der Waals surface area contributed by atoms with Gasteiger partial charge in [-0.1, -0.05) is 12.1 Å². The van der Waals surface area contributed by atoms with E-state index in [2.05, 4.69) is 29.6 Å². The number of hydrogen-bond donors (Lipinski definition) is 2. The van der Waals surface area contributed by atoms with Crippen LogP contribution in [0.25, 0.3) is 11.1 Å². The summed E-state index contributed by atoms with van der Waals surface area (Å²) in [7, 11) is 0. The third-order valence-corrected chi connectivity index (χ3v) is 4.91. The number of amides is 2. The monoisotopic (exact) mass is 467 g/mol. The lowest BCUT2D eigenvalue weighted by atomic mass is 10.1. The number of nitrogens with zero attached hydrogens (tertiary/aromatic N) is 3. The summed E-state index contributed by atoms with van der Waals surface area (Å²) in [6.45, 7) is 3.64. The minimum absolute atomic E-state index is 0.272. The van der Waals surface area contributed by atoms with E-state index in [0.29, 0.717) is 13.1 Å². The fraction of sp³-hybridized carbons (Fsp3) is 0.381. The molecular formula is C21H24F3N5O4. The first kappa shape index (κ1) is 24.1. The van der Waals surface area contributed by atoms with Crippen LogP contribution < -0.4 is 20.7 Å². The van der Waals surface area contributed by atoms with Crippen LogP contribution in [0.3, 0.4) is 0 Å². The molecular weight excluding hydrogens is 443 g/mol. The number of carbonyl (C=O) groups excluding carboxylic acids is 2. The first-order chi connectivity index (χ1) is 15.7. The van der Waals surface area contributed by atoms with Crippen molar-refractivity contribution in [2.75, 3.05) is 50.8 Å². The highest BCUT2D eigenvalue weighted by Gasteiger charge is 2.31. The Hall–Kier alpha value is -3.54. The molecule has 1 aromatic heterocycles. The summed E-state index contributed by atoms with van der Waals surface area (Å²) in [5, 5.41) is 2.56. The molecule has 0 atom stereocenters. The first-order valence-electron chi connectivity index (χ1n) is 10.2. The van der Waals surface area contributed by atoms with Crippen molar-refractivity contribution in [1.82, 2.24) is 15.2 Å². The summed E-state index contributed by atoms with van der Waals surface area (Å²) in [6.07, 6.45) is -3.72. The number of anilines is 1. The predicted molar refractivity (Wildman–Crippen MR) is 114 cm³/mol. The molecule has 0 saturated carbocycles. The topological polar surface area (TPSA) is 110 Å². The highest BCUT2D eigenvalue weighted by Crippen LogP contribution is 2.27. The molecule has 3 N–H and O–H groups in total. The van der Waals surface area contributed by atoms with Crippen LogP contribution in [0, 0.1) is 0 Å². The minimum atomic E-state index is -4.72. The van der Waals surface area contributed by atoms with Gasteiger partial charge in [0.05, 0.1) is 0 Å². The van der Waals surface area contributed by atoms with Crippen LogP contribution in [0.15, 0.2) is 42.6 Å². The van der Waals surface area contributed by atoms with Crippen molar-refractivity contribution in [3.63, 3.8) is 0 Å². The zero-order valence-electron chi connectivity index (χ0n) is 17.7. The number of primary amides is 1. The lowest BCUT2D eigenvalue weighted by molar-refractivity contribution is -0.274. The maximum Gasteiger partial charge on any atom is 0.573 e. The van der Waals surface area contributed by atoms with Crippen LogP contribution in [-0.4, -0.2) is 74.1 Å². The molecule has 1 aliphatic rings. The van der Waals surface area contributed by atoms with Gasteiger partial charge in [0, 0.05) is 51.0 Å². The number of nitrogens with two attached hydrogens (primary N) is 1. The Morgan fingerprint density at radius 2 is 1.70 bits per heavy atom. The molecule has 0 aliphatic carbocycles. The normalized spacial score (nSPS) is 14.6. The number of ether oxygens (including phenoxy) is 2. The van der Waals surface area contributed by atoms with Crippen LogP contribution >= 0.6 is 0 Å². The molecule has 0 unspecified atom stereocenters. The molecule has 1 aliphatic heterocycles. The van der Waals surface area contributed by atoms with E-state index in [1.807, 2.05) is 12.1 Å². The second kappa shape index (κ2) is 10.9. The van der Waals surface area contributed by atoms with Gasteiger partial charge in [0.2, 0.25) is 0 Å². The SMILES string of the molecule is NC(=O)COC(=O)NCCN1CCN(c2ccc(-c3ccc(OC(F)(F)F)cc3)cn2)CC1. The Labute approximate surface area is 188 Å². The fourth-order valence-corrected chi connectivity index (χ4v) is 3.30. The molecule has 178 valence electrons. The average molecular weight is 467 g/mol. The molecule has 2 heterocycles. The van der Waals surface area contributed by atoms with Gasteiger partial charge in [-0.05, 0) is 29.8 Å². The number of alkyl carbamates (subject to hydrolysis) is 1. The maximum atomic E-state index is 12.3. The standard InChI is InChI=1S/C21H24F3N5O4/c22-21(23,24)33-17-4-1-15(2-5-17)16-3-6-19(27-13-16)29-11-9-28(10-12-29)8-7-26-20(31)32-14-18(25)30/h1-6,13H,7-12,14H2,(H2,25,30)(H,26,31). The summed E-state index contributed by atoms with van der Waals surface area (Å²) in [6, 6.07) is 9.38. The molecule has 2 aromatic rings. The molecule has 0 radical (unpaired) electrons. The number of halogens is 3. The zero-order valence-corrected chi connectivity index (χ0v) is 17.7. The average Bonchev–Trinajstić information content (AvgIpc) is 2.78. The molecule has 12 heteroatoms. The number of hydrogen-bond acceptors (Lipinski definition) is 7. The van der Waals surface area contributed by atoms with Gasteiger partial charge in [-0.2, -0.15) is 0 Å². The number of carbonyl (C=O) groups is 2.